The molecule has 0 amide bonds. The van der Waals surface area contributed by atoms with Crippen molar-refractivity contribution in [3.8, 4) is 22.8 Å². The molecule has 27 heavy (non-hydrogen) atoms. The summed E-state index contributed by atoms with van der Waals surface area (Å²) in [6.07, 6.45) is 1.32. The first-order chi connectivity index (χ1) is 13.1. The maximum absolute atomic E-state index is 12.2. The fraction of sp³-hybridized carbons (Fsp3) is 0.222. The van der Waals surface area contributed by atoms with Crippen molar-refractivity contribution in [2.24, 2.45) is 0 Å². The van der Waals surface area contributed by atoms with Crippen LogP contribution in [0.15, 0.2) is 30.5 Å². The third-order valence-corrected chi connectivity index (χ3v) is 4.03. The minimum absolute atomic E-state index is 0.130. The van der Waals surface area contributed by atoms with Crippen molar-refractivity contribution in [1.29, 1.82) is 0 Å². The van der Waals surface area contributed by atoms with Crippen LogP contribution >= 0.6 is 0 Å². The fourth-order valence-corrected chi connectivity index (χ4v) is 2.77. The van der Waals surface area contributed by atoms with Crippen LogP contribution in [-0.4, -0.2) is 47.0 Å². The summed E-state index contributed by atoms with van der Waals surface area (Å²) in [5, 5.41) is 4.09. The molecular weight excluding hydrogens is 354 g/mol. The van der Waals surface area contributed by atoms with Gasteiger partial charge in [0, 0.05) is 5.56 Å². The van der Waals surface area contributed by atoms with E-state index in [1.807, 2.05) is 0 Å². The quantitative estimate of drug-likeness (QED) is 0.644. The molecule has 0 unspecified atom stereocenters. The summed E-state index contributed by atoms with van der Waals surface area (Å²) < 4.78 is 21.8. The summed E-state index contributed by atoms with van der Waals surface area (Å²) in [6.45, 7) is 2.06. The zero-order valence-electron chi connectivity index (χ0n) is 14.6. The number of hydrogen-bond acceptors (Lipinski definition) is 8. The van der Waals surface area contributed by atoms with E-state index in [1.165, 1.54) is 23.9 Å². The molecule has 138 valence electrons. The topological polar surface area (TPSA) is 101 Å². The number of nitrogens with zero attached hydrogens (tertiary/aromatic N) is 3. The van der Waals surface area contributed by atoms with Crippen LogP contribution in [0.5, 0.6) is 11.5 Å². The Hall–Kier alpha value is -3.62. The van der Waals surface area contributed by atoms with Gasteiger partial charge in [-0.15, -0.1) is 0 Å². The van der Waals surface area contributed by atoms with Gasteiger partial charge in [-0.3, -0.25) is 0 Å². The number of aromatic nitrogens is 3. The smallest absolute Gasteiger partial charge is 0.356 e. The number of benzene rings is 1. The van der Waals surface area contributed by atoms with E-state index in [4.69, 9.17) is 18.9 Å². The molecule has 0 N–H and O–H groups in total. The second kappa shape index (κ2) is 6.60. The first kappa shape index (κ1) is 16.8. The maximum atomic E-state index is 12.2. The summed E-state index contributed by atoms with van der Waals surface area (Å²) in [5.41, 5.74) is 1.62. The normalized spacial score (nSPS) is 12.2. The highest BCUT2D eigenvalue weighted by Crippen LogP contribution is 2.35. The van der Waals surface area contributed by atoms with Gasteiger partial charge in [0.1, 0.15) is 5.56 Å². The minimum Gasteiger partial charge on any atom is -0.464 e. The van der Waals surface area contributed by atoms with Crippen LogP contribution in [0.25, 0.3) is 16.9 Å². The number of fused-ring (bicyclic) bond motifs is 2. The zero-order valence-corrected chi connectivity index (χ0v) is 14.6. The zero-order chi connectivity index (χ0) is 19.0. The fourth-order valence-electron chi connectivity index (χ4n) is 2.77. The Morgan fingerprint density at radius 2 is 2.00 bits per heavy atom. The summed E-state index contributed by atoms with van der Waals surface area (Å²) >= 11 is 0. The van der Waals surface area contributed by atoms with Gasteiger partial charge in [-0.2, -0.15) is 5.10 Å². The van der Waals surface area contributed by atoms with Crippen molar-refractivity contribution < 1.29 is 28.5 Å². The minimum atomic E-state index is -0.608. The van der Waals surface area contributed by atoms with Crippen molar-refractivity contribution in [2.75, 3.05) is 20.5 Å². The second-order valence-electron chi connectivity index (χ2n) is 5.60. The van der Waals surface area contributed by atoms with Gasteiger partial charge in [0.15, 0.2) is 22.8 Å². The molecule has 0 fully saturated rings. The van der Waals surface area contributed by atoms with E-state index in [1.54, 1.807) is 25.1 Å². The first-order valence-corrected chi connectivity index (χ1v) is 8.16. The number of rotatable bonds is 4. The molecule has 1 aliphatic rings. The van der Waals surface area contributed by atoms with Gasteiger partial charge in [-0.25, -0.2) is 19.1 Å². The Bertz CT molecular complexity index is 1060. The van der Waals surface area contributed by atoms with Gasteiger partial charge >= 0.3 is 11.9 Å². The van der Waals surface area contributed by atoms with E-state index >= 15 is 0 Å². The number of esters is 2. The monoisotopic (exact) mass is 369 g/mol. The van der Waals surface area contributed by atoms with Crippen LogP contribution in [0.3, 0.4) is 0 Å². The van der Waals surface area contributed by atoms with Crippen LogP contribution in [-0.2, 0) is 9.47 Å². The van der Waals surface area contributed by atoms with Crippen LogP contribution in [0, 0.1) is 0 Å². The van der Waals surface area contributed by atoms with Crippen molar-refractivity contribution in [2.45, 2.75) is 6.92 Å². The Morgan fingerprint density at radius 1 is 1.19 bits per heavy atom. The lowest BCUT2D eigenvalue weighted by atomic mass is 10.1. The number of methoxy groups -OCH3 is 1. The summed E-state index contributed by atoms with van der Waals surface area (Å²) in [4.78, 5) is 28.9. The average molecular weight is 369 g/mol. The van der Waals surface area contributed by atoms with Gasteiger partial charge in [0.25, 0.3) is 0 Å². The Morgan fingerprint density at radius 3 is 2.78 bits per heavy atom. The largest absolute Gasteiger partial charge is 0.464 e. The molecule has 4 rings (SSSR count). The molecule has 2 aromatic heterocycles. The molecule has 9 heteroatoms. The van der Waals surface area contributed by atoms with Crippen LogP contribution in [0.1, 0.15) is 27.8 Å². The van der Waals surface area contributed by atoms with Gasteiger partial charge in [-0.1, -0.05) is 0 Å². The molecule has 0 bridgehead atoms. The molecule has 3 aromatic rings. The van der Waals surface area contributed by atoms with E-state index in [0.717, 1.165) is 0 Å². The number of hydrogen-bond donors (Lipinski definition) is 0. The molecule has 0 spiro atoms. The molecule has 1 aromatic carbocycles. The second-order valence-corrected chi connectivity index (χ2v) is 5.60. The molecule has 3 heterocycles. The average Bonchev–Trinajstić information content (AvgIpc) is 3.32. The Labute approximate surface area is 153 Å². The summed E-state index contributed by atoms with van der Waals surface area (Å²) in [7, 11) is 1.27. The first-order valence-electron chi connectivity index (χ1n) is 8.16. The summed E-state index contributed by atoms with van der Waals surface area (Å²) in [5.74, 6) is 0.0269. The van der Waals surface area contributed by atoms with Crippen LogP contribution in [0.2, 0.25) is 0 Å². The Kier molecular flexibility index (Phi) is 4.11. The molecular formula is C18H15N3O6. The molecule has 0 radical (unpaired) electrons. The lowest BCUT2D eigenvalue weighted by Gasteiger charge is -2.08. The number of carbonyl (C=O) groups excluding carboxylic acids is 2. The van der Waals surface area contributed by atoms with E-state index in [-0.39, 0.29) is 30.3 Å². The van der Waals surface area contributed by atoms with E-state index in [0.29, 0.717) is 22.8 Å². The molecule has 0 atom stereocenters. The molecule has 9 nitrogen and oxygen atoms in total. The lowest BCUT2D eigenvalue weighted by Crippen LogP contribution is -2.12. The molecule has 0 saturated heterocycles. The van der Waals surface area contributed by atoms with Gasteiger partial charge in [-0.05, 0) is 31.2 Å². The SMILES string of the molecule is CCOC(=O)c1cnn2c(C(=O)OC)cc(-c3ccc4c(c3)OCO4)nc12. The predicted octanol–water partition coefficient (Wildman–Crippen LogP) is 2.09. The van der Waals surface area contributed by atoms with Crippen molar-refractivity contribution in [1.82, 2.24) is 14.6 Å². The van der Waals surface area contributed by atoms with E-state index < -0.39 is 11.9 Å². The standard InChI is InChI=1S/C18H15N3O6/c1-3-25-17(22)11-8-19-21-13(18(23)24-2)7-12(20-16(11)21)10-4-5-14-15(6-10)27-9-26-14/h4-8H,3,9H2,1-2H3. The van der Waals surface area contributed by atoms with Crippen LogP contribution in [0.4, 0.5) is 0 Å². The van der Waals surface area contributed by atoms with Gasteiger partial charge in [0.05, 0.1) is 25.6 Å². The van der Waals surface area contributed by atoms with Gasteiger partial charge < -0.3 is 18.9 Å². The highest BCUT2D eigenvalue weighted by molar-refractivity contribution is 5.97. The van der Waals surface area contributed by atoms with Crippen molar-refractivity contribution in [3.63, 3.8) is 0 Å². The van der Waals surface area contributed by atoms with Crippen molar-refractivity contribution >= 4 is 17.6 Å². The maximum Gasteiger partial charge on any atom is 0.356 e. The third kappa shape index (κ3) is 2.82. The molecule has 0 aliphatic carbocycles. The highest BCUT2D eigenvalue weighted by Gasteiger charge is 2.22. The lowest BCUT2D eigenvalue weighted by molar-refractivity contribution is 0.0526. The highest BCUT2D eigenvalue weighted by atomic mass is 16.7. The van der Waals surface area contributed by atoms with E-state index in [9.17, 15) is 9.59 Å². The van der Waals surface area contributed by atoms with Crippen LogP contribution < -0.4 is 9.47 Å². The third-order valence-electron chi connectivity index (χ3n) is 4.03. The van der Waals surface area contributed by atoms with Crippen molar-refractivity contribution in [3.05, 3.63) is 41.7 Å². The predicted molar refractivity (Wildman–Crippen MR) is 91.8 cm³/mol. The summed E-state index contributed by atoms with van der Waals surface area (Å²) in [6, 6.07) is 6.83. The number of ether oxygens (including phenoxy) is 4. The van der Waals surface area contributed by atoms with E-state index in [2.05, 4.69) is 10.1 Å². The Balaban J connectivity index is 1.91. The van der Waals surface area contributed by atoms with Gasteiger partial charge in [0.2, 0.25) is 6.79 Å². The molecule has 1 aliphatic heterocycles. The molecule has 0 saturated carbocycles. The number of carbonyl (C=O) groups is 2.